The van der Waals surface area contributed by atoms with Gasteiger partial charge < -0.3 is 14.7 Å². The fourth-order valence-electron chi connectivity index (χ4n) is 1.63. The number of benzene rings is 1. The Balaban J connectivity index is 2.36. The average Bonchev–Trinajstić information content (AvgIpc) is 2.73. The monoisotopic (exact) mass is 313 g/mol. The summed E-state index contributed by atoms with van der Waals surface area (Å²) in [6.45, 7) is 0. The van der Waals surface area contributed by atoms with Crippen LogP contribution in [0.5, 0.6) is 5.75 Å². The van der Waals surface area contributed by atoms with E-state index in [0.29, 0.717) is 0 Å². The van der Waals surface area contributed by atoms with Crippen molar-refractivity contribution < 1.29 is 32.2 Å². The lowest BCUT2D eigenvalue weighted by molar-refractivity contribution is -0.355. The molecule has 1 atom stereocenters. The van der Waals surface area contributed by atoms with Gasteiger partial charge in [-0.1, -0.05) is 16.8 Å². The smallest absolute Gasteiger partial charge is 0.458 e. The van der Waals surface area contributed by atoms with Crippen LogP contribution in [0, 0.1) is 5.82 Å². The summed E-state index contributed by atoms with van der Waals surface area (Å²) >= 11 is 5.67. The molecule has 1 heterocycles. The van der Waals surface area contributed by atoms with E-state index in [1.165, 1.54) is 7.11 Å². The molecule has 1 aromatic carbocycles. The van der Waals surface area contributed by atoms with Gasteiger partial charge in [0, 0.05) is 5.56 Å². The molecule has 0 saturated heterocycles. The second-order valence-electron chi connectivity index (χ2n) is 4.05. The number of halogens is 5. The maximum absolute atomic E-state index is 13.7. The summed E-state index contributed by atoms with van der Waals surface area (Å²) in [4.78, 5) is 4.01. The van der Waals surface area contributed by atoms with Gasteiger partial charge in [0.15, 0.2) is 0 Å². The first kappa shape index (κ1) is 14.9. The van der Waals surface area contributed by atoms with Crippen molar-refractivity contribution in [3.63, 3.8) is 0 Å². The number of hydrogen-bond acceptors (Lipinski definition) is 4. The van der Waals surface area contributed by atoms with E-state index in [2.05, 4.69) is 9.99 Å². The second kappa shape index (κ2) is 4.78. The molecule has 0 aliphatic carbocycles. The molecule has 9 heteroatoms. The van der Waals surface area contributed by atoms with Crippen LogP contribution in [0.25, 0.3) is 0 Å². The van der Waals surface area contributed by atoms with Crippen LogP contribution in [0.3, 0.4) is 0 Å². The Hall–Kier alpha value is -1.54. The molecule has 0 saturated carbocycles. The molecule has 1 aliphatic rings. The number of ether oxygens (including phenoxy) is 1. The molecule has 2 rings (SSSR count). The van der Waals surface area contributed by atoms with Gasteiger partial charge in [0.05, 0.1) is 24.3 Å². The molecule has 20 heavy (non-hydrogen) atoms. The molecule has 0 spiro atoms. The molecule has 1 N–H and O–H groups in total. The third-order valence-electron chi connectivity index (χ3n) is 2.71. The number of alkyl halides is 3. The van der Waals surface area contributed by atoms with Crippen molar-refractivity contribution in [2.45, 2.75) is 18.4 Å². The fraction of sp³-hybridized carbons (Fsp3) is 0.364. The lowest BCUT2D eigenvalue weighted by atomic mass is 10.0. The normalized spacial score (nSPS) is 22.4. The molecule has 1 unspecified atom stereocenters. The molecule has 1 aromatic rings. The number of nitrogens with zero attached hydrogens (tertiary/aromatic N) is 1. The summed E-state index contributed by atoms with van der Waals surface area (Å²) in [5.74, 6) is -4.29. The van der Waals surface area contributed by atoms with Gasteiger partial charge in [0.2, 0.25) is 0 Å². The minimum atomic E-state index is -5.05. The second-order valence-corrected chi connectivity index (χ2v) is 4.46. The van der Waals surface area contributed by atoms with Gasteiger partial charge in [-0.05, 0) is 12.1 Å². The van der Waals surface area contributed by atoms with Gasteiger partial charge in [-0.3, -0.25) is 0 Å². The zero-order chi connectivity index (χ0) is 15.1. The lowest BCUT2D eigenvalue weighted by Crippen LogP contribution is -2.45. The average molecular weight is 314 g/mol. The van der Waals surface area contributed by atoms with Gasteiger partial charge >= 0.3 is 12.0 Å². The Morgan fingerprint density at radius 3 is 2.60 bits per heavy atom. The Morgan fingerprint density at radius 1 is 1.45 bits per heavy atom. The highest BCUT2D eigenvalue weighted by Crippen LogP contribution is 2.40. The first-order valence-corrected chi connectivity index (χ1v) is 5.63. The van der Waals surface area contributed by atoms with Gasteiger partial charge in [-0.15, -0.1) is 0 Å². The highest BCUT2D eigenvalue weighted by Gasteiger charge is 2.60. The quantitative estimate of drug-likeness (QED) is 0.854. The van der Waals surface area contributed by atoms with Crippen molar-refractivity contribution in [1.82, 2.24) is 0 Å². The molecular weight excluding hydrogens is 306 g/mol. The van der Waals surface area contributed by atoms with Gasteiger partial charge in [0.1, 0.15) is 11.6 Å². The SMILES string of the molecule is COc1cc(C2=NOC(O)(C(F)(F)F)C2)c(F)cc1Cl. The maximum atomic E-state index is 13.7. The van der Waals surface area contributed by atoms with Crippen LogP contribution in [-0.2, 0) is 4.84 Å². The van der Waals surface area contributed by atoms with Crippen LogP contribution in [-0.4, -0.2) is 29.9 Å². The van der Waals surface area contributed by atoms with Crippen LogP contribution in [0.1, 0.15) is 12.0 Å². The number of oxime groups is 1. The Labute approximate surface area is 115 Å². The van der Waals surface area contributed by atoms with Gasteiger partial charge in [-0.25, -0.2) is 4.39 Å². The largest absolute Gasteiger partial charge is 0.495 e. The van der Waals surface area contributed by atoms with Crippen LogP contribution < -0.4 is 4.74 Å². The Kier molecular flexibility index (Phi) is 3.55. The molecular formula is C11H8ClF4NO3. The van der Waals surface area contributed by atoms with E-state index >= 15 is 0 Å². The number of methoxy groups -OCH3 is 1. The summed E-state index contributed by atoms with van der Waals surface area (Å²) in [5, 5.41) is 12.3. The van der Waals surface area contributed by atoms with E-state index in [-0.39, 0.29) is 16.3 Å². The van der Waals surface area contributed by atoms with Crippen molar-refractivity contribution in [1.29, 1.82) is 0 Å². The summed E-state index contributed by atoms with van der Waals surface area (Å²) in [7, 11) is 1.27. The minimum Gasteiger partial charge on any atom is -0.495 e. The topological polar surface area (TPSA) is 51.0 Å². The summed E-state index contributed by atoms with van der Waals surface area (Å²) in [6, 6.07) is 1.96. The zero-order valence-corrected chi connectivity index (χ0v) is 10.7. The highest BCUT2D eigenvalue weighted by molar-refractivity contribution is 6.32. The molecule has 0 fully saturated rings. The predicted molar refractivity (Wildman–Crippen MR) is 61.2 cm³/mol. The first-order valence-electron chi connectivity index (χ1n) is 5.25. The van der Waals surface area contributed by atoms with Crippen LogP contribution in [0.2, 0.25) is 5.02 Å². The third kappa shape index (κ3) is 2.40. The summed E-state index contributed by atoms with van der Waals surface area (Å²) in [6.07, 6.45) is -6.08. The van der Waals surface area contributed by atoms with E-state index in [0.717, 1.165) is 12.1 Å². The maximum Gasteiger partial charge on any atom is 0.458 e. The highest BCUT2D eigenvalue weighted by atomic mass is 35.5. The third-order valence-corrected chi connectivity index (χ3v) is 3.00. The molecule has 0 aromatic heterocycles. The molecule has 4 nitrogen and oxygen atoms in total. The summed E-state index contributed by atoms with van der Waals surface area (Å²) in [5.41, 5.74) is -0.677. The van der Waals surface area contributed by atoms with E-state index in [9.17, 15) is 22.7 Å². The van der Waals surface area contributed by atoms with Crippen molar-refractivity contribution in [3.8, 4) is 5.75 Å². The molecule has 0 radical (unpaired) electrons. The van der Waals surface area contributed by atoms with E-state index in [4.69, 9.17) is 16.3 Å². The zero-order valence-electron chi connectivity index (χ0n) is 9.96. The van der Waals surface area contributed by atoms with Crippen molar-refractivity contribution in [2.24, 2.45) is 5.16 Å². The number of aliphatic hydroxyl groups is 1. The molecule has 0 bridgehead atoms. The Morgan fingerprint density at radius 2 is 2.10 bits per heavy atom. The van der Waals surface area contributed by atoms with E-state index in [1.54, 1.807) is 0 Å². The fourth-order valence-corrected chi connectivity index (χ4v) is 1.85. The molecule has 110 valence electrons. The predicted octanol–water partition coefficient (Wildman–Crippen LogP) is 2.86. The van der Waals surface area contributed by atoms with Crippen molar-refractivity contribution >= 4 is 17.3 Å². The summed E-state index contributed by atoms with van der Waals surface area (Å²) < 4.78 is 56.2. The van der Waals surface area contributed by atoms with Crippen LogP contribution in [0.15, 0.2) is 17.3 Å². The first-order chi connectivity index (χ1) is 9.18. The van der Waals surface area contributed by atoms with Crippen LogP contribution in [0.4, 0.5) is 17.6 Å². The molecule has 0 amide bonds. The van der Waals surface area contributed by atoms with Crippen LogP contribution >= 0.6 is 11.6 Å². The number of hydrogen-bond donors (Lipinski definition) is 1. The lowest BCUT2D eigenvalue weighted by Gasteiger charge is -2.22. The Bertz CT molecular complexity index is 576. The van der Waals surface area contributed by atoms with E-state index < -0.39 is 29.9 Å². The van der Waals surface area contributed by atoms with Crippen molar-refractivity contribution in [2.75, 3.05) is 7.11 Å². The standard InChI is InChI=1S/C11H8ClF4NO3/c1-19-9-2-5(7(13)3-6(9)12)8-4-10(18,20-17-8)11(14,15)16/h2-3,18H,4H2,1H3. The number of rotatable bonds is 2. The van der Waals surface area contributed by atoms with Gasteiger partial charge in [-0.2, -0.15) is 13.2 Å². The van der Waals surface area contributed by atoms with E-state index in [1.807, 2.05) is 0 Å². The molecule has 1 aliphatic heterocycles. The van der Waals surface area contributed by atoms with Gasteiger partial charge in [0.25, 0.3) is 0 Å². The minimum absolute atomic E-state index is 0.0423. The van der Waals surface area contributed by atoms with Crippen molar-refractivity contribution in [3.05, 3.63) is 28.5 Å².